The Bertz CT molecular complexity index is 581. The molecule has 0 atom stereocenters. The van der Waals surface area contributed by atoms with Crippen LogP contribution in [0.3, 0.4) is 0 Å². The van der Waals surface area contributed by atoms with Crippen molar-refractivity contribution < 1.29 is 0 Å². The van der Waals surface area contributed by atoms with Crippen molar-refractivity contribution in [3.63, 3.8) is 0 Å². The van der Waals surface area contributed by atoms with E-state index in [4.69, 9.17) is 0 Å². The molecule has 0 saturated heterocycles. The number of imidazole rings is 1. The third-order valence-corrected chi connectivity index (χ3v) is 2.81. The van der Waals surface area contributed by atoms with Crippen LogP contribution >= 0.6 is 0 Å². The minimum atomic E-state index is 0.316. The zero-order chi connectivity index (χ0) is 13.3. The van der Waals surface area contributed by atoms with E-state index in [1.54, 1.807) is 6.33 Å². The van der Waals surface area contributed by atoms with Gasteiger partial charge in [-0.15, -0.1) is 0 Å². The predicted octanol–water partition coefficient (Wildman–Crippen LogP) is 2.02. The van der Waals surface area contributed by atoms with E-state index in [0.717, 1.165) is 17.0 Å². The van der Waals surface area contributed by atoms with Gasteiger partial charge in [-0.25, -0.2) is 19.9 Å². The van der Waals surface area contributed by atoms with Crippen LogP contribution in [0.4, 0.5) is 5.82 Å². The minimum Gasteiger partial charge on any atom is -0.366 e. The van der Waals surface area contributed by atoms with Gasteiger partial charge in [0, 0.05) is 20.1 Å². The number of hydrogen-bond donors (Lipinski definition) is 0. The van der Waals surface area contributed by atoms with Crippen LogP contribution in [-0.4, -0.2) is 44.3 Å². The molecular formula is C12H18N6. The molecular weight excluding hydrogens is 228 g/mol. The maximum Gasteiger partial charge on any atom is 0.185 e. The topological polar surface area (TPSA) is 59.2 Å². The molecule has 18 heavy (non-hydrogen) atoms. The first-order chi connectivity index (χ1) is 8.50. The molecule has 0 aliphatic rings. The highest BCUT2D eigenvalue weighted by Crippen LogP contribution is 2.22. The van der Waals surface area contributed by atoms with Crippen LogP contribution in [0.2, 0.25) is 0 Å². The molecule has 0 bridgehead atoms. The highest BCUT2D eigenvalue weighted by Gasteiger charge is 2.11. The normalized spacial score (nSPS) is 12.4. The molecule has 96 valence electrons. The fourth-order valence-electron chi connectivity index (χ4n) is 1.55. The maximum atomic E-state index is 4.47. The fourth-order valence-corrected chi connectivity index (χ4v) is 1.55. The van der Waals surface area contributed by atoms with Crippen molar-refractivity contribution in [2.75, 3.05) is 14.1 Å². The lowest BCUT2D eigenvalue weighted by atomic mass is 10.4. The van der Waals surface area contributed by atoms with E-state index in [0.29, 0.717) is 11.9 Å². The molecule has 0 radical (unpaired) electrons. The fraction of sp³-hybridized carbons (Fsp3) is 0.500. The molecule has 2 heterocycles. The van der Waals surface area contributed by atoms with Gasteiger partial charge in [-0.05, 0) is 20.8 Å². The molecule has 0 N–H and O–H groups in total. The Hall–Kier alpha value is -1.98. The lowest BCUT2D eigenvalue weighted by Gasteiger charge is -2.10. The molecule has 2 aromatic heterocycles. The lowest BCUT2D eigenvalue weighted by molar-refractivity contribution is 0.612. The van der Waals surface area contributed by atoms with Crippen LogP contribution in [0.1, 0.15) is 26.8 Å². The Balaban J connectivity index is 2.57. The van der Waals surface area contributed by atoms with Crippen LogP contribution in [0.15, 0.2) is 17.6 Å². The highest BCUT2D eigenvalue weighted by molar-refractivity contribution is 5.88. The molecule has 0 fully saturated rings. The quantitative estimate of drug-likeness (QED) is 0.601. The number of aliphatic imine (C=N–C) groups is 1. The average Bonchev–Trinajstić information content (AvgIpc) is 2.73. The monoisotopic (exact) mass is 246 g/mol. The van der Waals surface area contributed by atoms with Gasteiger partial charge in [0.05, 0.1) is 6.33 Å². The standard InChI is InChI=1S/C12H18N6/c1-8(2)18-7-15-10-11(13-6-14-12(10)18)16-9(3)17(4)5/h6-8H,1-5H3. The van der Waals surface area contributed by atoms with Gasteiger partial charge in [0.2, 0.25) is 0 Å². The predicted molar refractivity (Wildman–Crippen MR) is 72.2 cm³/mol. The van der Waals surface area contributed by atoms with Crippen LogP contribution in [0.25, 0.3) is 11.2 Å². The second-order valence-electron chi connectivity index (χ2n) is 4.67. The van der Waals surface area contributed by atoms with Crippen molar-refractivity contribution in [2.45, 2.75) is 26.8 Å². The van der Waals surface area contributed by atoms with E-state index in [-0.39, 0.29) is 0 Å². The first-order valence-corrected chi connectivity index (χ1v) is 5.91. The molecule has 2 aromatic rings. The van der Waals surface area contributed by atoms with Crippen LogP contribution in [0.5, 0.6) is 0 Å². The highest BCUT2D eigenvalue weighted by atomic mass is 15.2. The second-order valence-corrected chi connectivity index (χ2v) is 4.67. The summed E-state index contributed by atoms with van der Waals surface area (Å²) in [5.41, 5.74) is 1.57. The third kappa shape index (κ3) is 2.18. The third-order valence-electron chi connectivity index (χ3n) is 2.81. The second kappa shape index (κ2) is 4.72. The molecule has 0 unspecified atom stereocenters. The number of aromatic nitrogens is 4. The molecule has 2 rings (SSSR count). The largest absolute Gasteiger partial charge is 0.366 e. The Morgan fingerprint density at radius 3 is 2.61 bits per heavy atom. The Morgan fingerprint density at radius 1 is 1.28 bits per heavy atom. The van der Waals surface area contributed by atoms with E-state index in [1.165, 1.54) is 6.33 Å². The number of hydrogen-bond acceptors (Lipinski definition) is 4. The molecule has 6 nitrogen and oxygen atoms in total. The van der Waals surface area contributed by atoms with E-state index in [1.807, 2.05) is 30.5 Å². The summed E-state index contributed by atoms with van der Waals surface area (Å²) in [5.74, 6) is 1.50. The summed E-state index contributed by atoms with van der Waals surface area (Å²) >= 11 is 0. The smallest absolute Gasteiger partial charge is 0.185 e. The van der Waals surface area contributed by atoms with Crippen LogP contribution < -0.4 is 0 Å². The summed E-state index contributed by atoms with van der Waals surface area (Å²) in [4.78, 5) is 19.3. The number of fused-ring (bicyclic) bond motifs is 1. The van der Waals surface area contributed by atoms with Crippen LogP contribution in [0, 0.1) is 0 Å². The molecule has 0 aliphatic heterocycles. The summed E-state index contributed by atoms with van der Waals surface area (Å²) in [6.07, 6.45) is 3.32. The van der Waals surface area contributed by atoms with Crippen molar-refractivity contribution in [1.29, 1.82) is 0 Å². The van der Waals surface area contributed by atoms with E-state index in [9.17, 15) is 0 Å². The van der Waals surface area contributed by atoms with E-state index < -0.39 is 0 Å². The summed E-state index contributed by atoms with van der Waals surface area (Å²) in [6, 6.07) is 0.316. The Kier molecular flexibility index (Phi) is 3.27. The van der Waals surface area contributed by atoms with Crippen molar-refractivity contribution >= 4 is 22.8 Å². The van der Waals surface area contributed by atoms with Crippen molar-refractivity contribution in [3.8, 4) is 0 Å². The zero-order valence-corrected chi connectivity index (χ0v) is 11.4. The van der Waals surface area contributed by atoms with Gasteiger partial charge in [-0.1, -0.05) is 0 Å². The minimum absolute atomic E-state index is 0.316. The van der Waals surface area contributed by atoms with Crippen LogP contribution in [-0.2, 0) is 0 Å². The summed E-state index contributed by atoms with van der Waals surface area (Å²) in [5, 5.41) is 0. The number of rotatable bonds is 2. The lowest BCUT2D eigenvalue weighted by Crippen LogP contribution is -2.17. The number of nitrogens with zero attached hydrogens (tertiary/aromatic N) is 6. The molecule has 0 aromatic carbocycles. The van der Waals surface area contributed by atoms with Gasteiger partial charge < -0.3 is 9.47 Å². The van der Waals surface area contributed by atoms with E-state index >= 15 is 0 Å². The van der Waals surface area contributed by atoms with Crippen molar-refractivity contribution in [1.82, 2.24) is 24.4 Å². The molecule has 0 spiro atoms. The van der Waals surface area contributed by atoms with Gasteiger partial charge in [-0.2, -0.15) is 0 Å². The zero-order valence-electron chi connectivity index (χ0n) is 11.4. The summed E-state index contributed by atoms with van der Waals surface area (Å²) in [7, 11) is 3.90. The van der Waals surface area contributed by atoms with Gasteiger partial charge in [0.1, 0.15) is 12.2 Å². The maximum absolute atomic E-state index is 4.47. The first kappa shape index (κ1) is 12.5. The van der Waals surface area contributed by atoms with Gasteiger partial charge in [0.15, 0.2) is 17.0 Å². The Labute approximate surface area is 106 Å². The van der Waals surface area contributed by atoms with Gasteiger partial charge in [0.25, 0.3) is 0 Å². The molecule has 0 aliphatic carbocycles. The van der Waals surface area contributed by atoms with Gasteiger partial charge >= 0.3 is 0 Å². The van der Waals surface area contributed by atoms with Crippen molar-refractivity contribution in [2.24, 2.45) is 4.99 Å². The molecule has 0 saturated carbocycles. The van der Waals surface area contributed by atoms with E-state index in [2.05, 4.69) is 33.8 Å². The Morgan fingerprint density at radius 2 is 2.00 bits per heavy atom. The first-order valence-electron chi connectivity index (χ1n) is 5.91. The van der Waals surface area contributed by atoms with Crippen molar-refractivity contribution in [3.05, 3.63) is 12.7 Å². The average molecular weight is 246 g/mol. The SMILES string of the molecule is CC(=Nc1ncnc2c1ncn2C(C)C)N(C)C. The summed E-state index contributed by atoms with van der Waals surface area (Å²) in [6.45, 7) is 6.13. The molecule has 0 amide bonds. The summed E-state index contributed by atoms with van der Waals surface area (Å²) < 4.78 is 2.01. The number of amidine groups is 1. The van der Waals surface area contributed by atoms with Gasteiger partial charge in [-0.3, -0.25) is 0 Å². The molecule has 6 heteroatoms.